The lowest BCUT2D eigenvalue weighted by Gasteiger charge is -2.09. The standard InChI is InChI=1S/C14H23NO5S/c1-12(16)4-3-9-15-21(17,18)14-7-5-13(6-8-14)20-11-10-19-2/h5-8,12,15-16H,3-4,9-11H2,1-2H3. The quantitative estimate of drug-likeness (QED) is 0.632. The fraction of sp³-hybridized carbons (Fsp3) is 0.571. The van der Waals surface area contributed by atoms with Gasteiger partial charge in [-0.3, -0.25) is 0 Å². The lowest BCUT2D eigenvalue weighted by molar-refractivity contribution is 0.146. The number of methoxy groups -OCH3 is 1. The van der Waals surface area contributed by atoms with Crippen molar-refractivity contribution in [1.82, 2.24) is 4.72 Å². The molecule has 0 saturated carbocycles. The summed E-state index contributed by atoms with van der Waals surface area (Å²) in [4.78, 5) is 0.193. The second-order valence-corrected chi connectivity index (χ2v) is 6.47. The van der Waals surface area contributed by atoms with Crippen molar-refractivity contribution < 1.29 is 23.0 Å². The van der Waals surface area contributed by atoms with Crippen LogP contribution in [0.15, 0.2) is 29.2 Å². The van der Waals surface area contributed by atoms with Gasteiger partial charge in [-0.15, -0.1) is 0 Å². The zero-order valence-electron chi connectivity index (χ0n) is 12.4. The van der Waals surface area contributed by atoms with E-state index < -0.39 is 16.1 Å². The number of rotatable bonds is 10. The van der Waals surface area contributed by atoms with Crippen molar-refractivity contribution in [3.05, 3.63) is 24.3 Å². The highest BCUT2D eigenvalue weighted by molar-refractivity contribution is 7.89. The van der Waals surface area contributed by atoms with E-state index >= 15 is 0 Å². The first-order valence-electron chi connectivity index (χ1n) is 6.85. The molecule has 0 radical (unpaired) electrons. The molecule has 0 fully saturated rings. The molecule has 0 bridgehead atoms. The van der Waals surface area contributed by atoms with Gasteiger partial charge in [-0.2, -0.15) is 0 Å². The molecule has 2 N–H and O–H groups in total. The maximum atomic E-state index is 12.0. The number of sulfonamides is 1. The predicted octanol–water partition coefficient (Wildman–Crippen LogP) is 1.15. The first kappa shape index (κ1) is 17.9. The van der Waals surface area contributed by atoms with Gasteiger partial charge in [0.2, 0.25) is 10.0 Å². The molecule has 0 spiro atoms. The van der Waals surface area contributed by atoms with Crippen LogP contribution in [0.5, 0.6) is 5.75 Å². The lowest BCUT2D eigenvalue weighted by atomic mass is 10.2. The average molecular weight is 317 g/mol. The van der Waals surface area contributed by atoms with E-state index in [1.807, 2.05) is 0 Å². The second-order valence-electron chi connectivity index (χ2n) is 4.70. The van der Waals surface area contributed by atoms with E-state index in [1.165, 1.54) is 12.1 Å². The number of ether oxygens (including phenoxy) is 2. The predicted molar refractivity (Wildman–Crippen MR) is 79.9 cm³/mol. The molecule has 120 valence electrons. The molecule has 0 saturated heterocycles. The topological polar surface area (TPSA) is 84.9 Å². The van der Waals surface area contributed by atoms with Crippen LogP contribution in [-0.2, 0) is 14.8 Å². The molecule has 0 aromatic heterocycles. The summed E-state index contributed by atoms with van der Waals surface area (Å²) in [7, 11) is -1.93. The minimum atomic E-state index is -3.51. The number of nitrogens with one attached hydrogen (secondary N) is 1. The molecule has 1 atom stereocenters. The molecule has 6 nitrogen and oxygen atoms in total. The molecule has 0 heterocycles. The lowest BCUT2D eigenvalue weighted by Crippen LogP contribution is -2.25. The molecule has 21 heavy (non-hydrogen) atoms. The van der Waals surface area contributed by atoms with Gasteiger partial charge >= 0.3 is 0 Å². The third-order valence-corrected chi connectivity index (χ3v) is 4.26. The molecule has 7 heteroatoms. The van der Waals surface area contributed by atoms with Crippen LogP contribution in [0.1, 0.15) is 19.8 Å². The minimum absolute atomic E-state index is 0.193. The summed E-state index contributed by atoms with van der Waals surface area (Å²) in [5, 5.41) is 9.12. The van der Waals surface area contributed by atoms with Crippen LogP contribution in [0, 0.1) is 0 Å². The van der Waals surface area contributed by atoms with Crippen molar-refractivity contribution in [3.8, 4) is 5.75 Å². The summed E-state index contributed by atoms with van der Waals surface area (Å²) in [5.41, 5.74) is 0. The van der Waals surface area contributed by atoms with Crippen LogP contribution in [-0.4, -0.2) is 46.5 Å². The number of aliphatic hydroxyl groups excluding tert-OH is 1. The zero-order valence-corrected chi connectivity index (χ0v) is 13.2. The Hall–Kier alpha value is -1.15. The highest BCUT2D eigenvalue weighted by atomic mass is 32.2. The number of aliphatic hydroxyl groups is 1. The maximum Gasteiger partial charge on any atom is 0.240 e. The smallest absolute Gasteiger partial charge is 0.240 e. The molecule has 1 rings (SSSR count). The molecule has 0 aliphatic rings. The molecule has 1 unspecified atom stereocenters. The van der Waals surface area contributed by atoms with Crippen LogP contribution >= 0.6 is 0 Å². The van der Waals surface area contributed by atoms with Crippen LogP contribution in [0.25, 0.3) is 0 Å². The van der Waals surface area contributed by atoms with Crippen molar-refractivity contribution in [1.29, 1.82) is 0 Å². The monoisotopic (exact) mass is 317 g/mol. The highest BCUT2D eigenvalue weighted by Crippen LogP contribution is 2.15. The largest absolute Gasteiger partial charge is 0.491 e. The summed E-state index contributed by atoms with van der Waals surface area (Å²) < 4.78 is 36.8. The van der Waals surface area contributed by atoms with Crippen LogP contribution in [0.3, 0.4) is 0 Å². The van der Waals surface area contributed by atoms with Crippen molar-refractivity contribution >= 4 is 10.0 Å². The summed E-state index contributed by atoms with van der Waals surface area (Å²) in [6.07, 6.45) is 0.738. The van der Waals surface area contributed by atoms with Gasteiger partial charge in [0, 0.05) is 13.7 Å². The molecule has 1 aromatic rings. The first-order chi connectivity index (χ1) is 9.95. The molecule has 0 aliphatic carbocycles. The van der Waals surface area contributed by atoms with Crippen molar-refractivity contribution in [2.75, 3.05) is 26.9 Å². The number of hydrogen-bond donors (Lipinski definition) is 2. The van der Waals surface area contributed by atoms with Crippen LogP contribution in [0.2, 0.25) is 0 Å². The Morgan fingerprint density at radius 3 is 2.48 bits per heavy atom. The maximum absolute atomic E-state index is 12.0. The number of benzene rings is 1. The summed E-state index contributed by atoms with van der Waals surface area (Å²) >= 11 is 0. The molecule has 0 aliphatic heterocycles. The van der Waals surface area contributed by atoms with Gasteiger partial charge in [-0.05, 0) is 44.0 Å². The second kappa shape index (κ2) is 8.99. The fourth-order valence-electron chi connectivity index (χ4n) is 1.65. The van der Waals surface area contributed by atoms with Gasteiger partial charge in [0.05, 0.1) is 17.6 Å². The minimum Gasteiger partial charge on any atom is -0.491 e. The van der Waals surface area contributed by atoms with Gasteiger partial charge in [-0.1, -0.05) is 0 Å². The average Bonchev–Trinajstić information content (AvgIpc) is 2.44. The van der Waals surface area contributed by atoms with Gasteiger partial charge in [0.1, 0.15) is 12.4 Å². The molecular formula is C14H23NO5S. The Labute approximate surface area is 126 Å². The summed E-state index contributed by atoms with van der Waals surface area (Å²) in [5.74, 6) is 0.597. The Kier molecular flexibility index (Phi) is 7.66. The van der Waals surface area contributed by atoms with Crippen LogP contribution < -0.4 is 9.46 Å². The van der Waals surface area contributed by atoms with E-state index in [2.05, 4.69) is 4.72 Å². The molecule has 0 amide bonds. The fourth-order valence-corrected chi connectivity index (χ4v) is 2.72. The number of hydrogen-bond acceptors (Lipinski definition) is 5. The van der Waals surface area contributed by atoms with E-state index in [0.717, 1.165) is 0 Å². The van der Waals surface area contributed by atoms with Crippen molar-refractivity contribution in [3.63, 3.8) is 0 Å². The van der Waals surface area contributed by atoms with Gasteiger partial charge in [0.25, 0.3) is 0 Å². The molecular weight excluding hydrogens is 294 g/mol. The zero-order chi connectivity index (χ0) is 15.7. The first-order valence-corrected chi connectivity index (χ1v) is 8.33. The Balaban J connectivity index is 2.50. The van der Waals surface area contributed by atoms with E-state index in [-0.39, 0.29) is 4.90 Å². The van der Waals surface area contributed by atoms with E-state index in [1.54, 1.807) is 26.2 Å². The van der Waals surface area contributed by atoms with E-state index in [0.29, 0.717) is 38.3 Å². The Morgan fingerprint density at radius 1 is 1.24 bits per heavy atom. The Morgan fingerprint density at radius 2 is 1.90 bits per heavy atom. The van der Waals surface area contributed by atoms with E-state index in [9.17, 15) is 8.42 Å². The van der Waals surface area contributed by atoms with Crippen molar-refractivity contribution in [2.45, 2.75) is 30.8 Å². The summed E-state index contributed by atoms with van der Waals surface area (Å²) in [6, 6.07) is 6.22. The van der Waals surface area contributed by atoms with Crippen molar-refractivity contribution in [2.24, 2.45) is 0 Å². The summed E-state index contributed by atoms with van der Waals surface area (Å²) in [6.45, 7) is 2.88. The van der Waals surface area contributed by atoms with Gasteiger partial charge in [-0.25, -0.2) is 13.1 Å². The molecule has 1 aromatic carbocycles. The highest BCUT2D eigenvalue weighted by Gasteiger charge is 2.13. The van der Waals surface area contributed by atoms with Gasteiger partial charge < -0.3 is 14.6 Å². The Bertz CT molecular complexity index is 499. The third-order valence-electron chi connectivity index (χ3n) is 2.78. The van der Waals surface area contributed by atoms with Crippen LogP contribution in [0.4, 0.5) is 0 Å². The normalized spacial score (nSPS) is 13.1. The third kappa shape index (κ3) is 6.90. The SMILES string of the molecule is COCCOc1ccc(S(=O)(=O)NCCCC(C)O)cc1. The van der Waals surface area contributed by atoms with E-state index in [4.69, 9.17) is 14.6 Å². The van der Waals surface area contributed by atoms with Gasteiger partial charge in [0.15, 0.2) is 0 Å².